The highest BCUT2D eigenvalue weighted by molar-refractivity contribution is 9.09. The van der Waals surface area contributed by atoms with Crippen LogP contribution >= 0.6 is 15.9 Å². The van der Waals surface area contributed by atoms with Crippen molar-refractivity contribution >= 4 is 15.9 Å². The summed E-state index contributed by atoms with van der Waals surface area (Å²) in [5, 5.41) is 1.16. The van der Waals surface area contributed by atoms with Crippen molar-refractivity contribution in [2.24, 2.45) is 0 Å². The molecule has 1 fully saturated rings. The van der Waals surface area contributed by atoms with Crippen LogP contribution in [0.15, 0.2) is 0 Å². The first kappa shape index (κ1) is 12.5. The Morgan fingerprint density at radius 3 is 2.86 bits per heavy atom. The van der Waals surface area contributed by atoms with Gasteiger partial charge < -0.3 is 0 Å². The van der Waals surface area contributed by atoms with Gasteiger partial charge in [0.15, 0.2) is 0 Å². The molecule has 2 heteroatoms. The zero-order chi connectivity index (χ0) is 10.4. The highest BCUT2D eigenvalue weighted by Gasteiger charge is 2.24. The van der Waals surface area contributed by atoms with Crippen LogP contribution in [0.25, 0.3) is 0 Å². The van der Waals surface area contributed by atoms with Crippen molar-refractivity contribution in [3.8, 4) is 0 Å². The van der Waals surface area contributed by atoms with Crippen molar-refractivity contribution in [1.29, 1.82) is 0 Å². The third kappa shape index (κ3) is 3.54. The van der Waals surface area contributed by atoms with Crippen LogP contribution in [-0.4, -0.2) is 28.9 Å². The van der Waals surface area contributed by atoms with Crippen molar-refractivity contribution in [1.82, 2.24) is 4.90 Å². The normalized spacial score (nSPS) is 26.4. The number of hydrogen-bond acceptors (Lipinski definition) is 1. The highest BCUT2D eigenvalue weighted by atomic mass is 79.9. The quantitative estimate of drug-likeness (QED) is 0.681. The summed E-state index contributed by atoms with van der Waals surface area (Å²) in [5.41, 5.74) is 0. The molecule has 14 heavy (non-hydrogen) atoms. The third-order valence-electron chi connectivity index (χ3n) is 3.39. The SMILES string of the molecule is CCCC(C)N1CCCCC1CCBr. The molecule has 0 bridgehead atoms. The fourth-order valence-corrected chi connectivity index (χ4v) is 3.15. The van der Waals surface area contributed by atoms with E-state index in [2.05, 4.69) is 34.7 Å². The molecular weight excluding hydrogens is 238 g/mol. The fourth-order valence-electron chi connectivity index (χ4n) is 2.62. The lowest BCUT2D eigenvalue weighted by atomic mass is 9.97. The number of hydrogen-bond donors (Lipinski definition) is 0. The van der Waals surface area contributed by atoms with E-state index in [4.69, 9.17) is 0 Å². The van der Waals surface area contributed by atoms with Gasteiger partial charge in [-0.05, 0) is 39.2 Å². The maximum Gasteiger partial charge on any atom is 0.0106 e. The standard InChI is InChI=1S/C12H24BrN/c1-3-6-11(2)14-10-5-4-7-12(14)8-9-13/h11-12H,3-10H2,1-2H3. The molecule has 1 aliphatic rings. The van der Waals surface area contributed by atoms with Gasteiger partial charge in [0, 0.05) is 17.4 Å². The second-order valence-corrected chi connectivity index (χ2v) is 5.30. The molecule has 0 aromatic heterocycles. The minimum Gasteiger partial charge on any atom is -0.298 e. The molecule has 1 saturated heterocycles. The number of alkyl halides is 1. The molecule has 0 aliphatic carbocycles. The van der Waals surface area contributed by atoms with E-state index >= 15 is 0 Å². The summed E-state index contributed by atoms with van der Waals surface area (Å²) in [5.74, 6) is 0. The first-order valence-corrected chi connectivity index (χ1v) is 7.23. The molecule has 0 aromatic rings. The van der Waals surface area contributed by atoms with Gasteiger partial charge in [-0.15, -0.1) is 0 Å². The molecule has 2 unspecified atom stereocenters. The number of halogens is 1. The molecule has 0 amide bonds. The lowest BCUT2D eigenvalue weighted by Crippen LogP contribution is -2.45. The summed E-state index contributed by atoms with van der Waals surface area (Å²) in [4.78, 5) is 2.74. The Bertz CT molecular complexity index is 147. The van der Waals surface area contributed by atoms with Gasteiger partial charge in [-0.1, -0.05) is 35.7 Å². The Morgan fingerprint density at radius 2 is 2.21 bits per heavy atom. The average molecular weight is 262 g/mol. The fraction of sp³-hybridized carbons (Fsp3) is 1.00. The second-order valence-electron chi connectivity index (χ2n) is 4.50. The van der Waals surface area contributed by atoms with Crippen molar-refractivity contribution in [2.45, 2.75) is 64.5 Å². The van der Waals surface area contributed by atoms with E-state index in [1.165, 1.54) is 45.1 Å². The zero-order valence-electron chi connectivity index (χ0n) is 9.64. The summed E-state index contributed by atoms with van der Waals surface area (Å²) >= 11 is 3.57. The molecule has 1 aliphatic heterocycles. The Balaban J connectivity index is 2.44. The predicted molar refractivity (Wildman–Crippen MR) is 67.1 cm³/mol. The Morgan fingerprint density at radius 1 is 1.43 bits per heavy atom. The number of rotatable bonds is 5. The van der Waals surface area contributed by atoms with Crippen molar-refractivity contribution in [3.05, 3.63) is 0 Å². The monoisotopic (exact) mass is 261 g/mol. The van der Waals surface area contributed by atoms with Crippen LogP contribution in [-0.2, 0) is 0 Å². The molecule has 0 N–H and O–H groups in total. The Labute approximate surface area is 97.4 Å². The molecular formula is C12H24BrN. The molecule has 1 heterocycles. The van der Waals surface area contributed by atoms with Gasteiger partial charge in [0.1, 0.15) is 0 Å². The molecule has 0 saturated carbocycles. The number of nitrogens with zero attached hydrogens (tertiary/aromatic N) is 1. The summed E-state index contributed by atoms with van der Waals surface area (Å²) in [6.07, 6.45) is 8.27. The van der Waals surface area contributed by atoms with Gasteiger partial charge in [0.2, 0.25) is 0 Å². The topological polar surface area (TPSA) is 3.24 Å². The van der Waals surface area contributed by atoms with E-state index in [-0.39, 0.29) is 0 Å². The number of piperidine rings is 1. The van der Waals surface area contributed by atoms with E-state index in [9.17, 15) is 0 Å². The van der Waals surface area contributed by atoms with Crippen LogP contribution in [0.1, 0.15) is 52.4 Å². The average Bonchev–Trinajstić information content (AvgIpc) is 2.19. The second kappa shape index (κ2) is 6.84. The smallest absolute Gasteiger partial charge is 0.0106 e. The summed E-state index contributed by atoms with van der Waals surface area (Å²) in [6.45, 7) is 6.02. The van der Waals surface area contributed by atoms with Crippen LogP contribution in [0.4, 0.5) is 0 Å². The minimum absolute atomic E-state index is 0.796. The third-order valence-corrected chi connectivity index (χ3v) is 3.85. The maximum atomic E-state index is 3.57. The molecule has 0 aromatic carbocycles. The van der Waals surface area contributed by atoms with Crippen LogP contribution in [0.3, 0.4) is 0 Å². The van der Waals surface area contributed by atoms with E-state index in [0.717, 1.165) is 17.4 Å². The van der Waals surface area contributed by atoms with Crippen molar-refractivity contribution in [2.75, 3.05) is 11.9 Å². The predicted octanol–water partition coefficient (Wildman–Crippen LogP) is 3.81. The van der Waals surface area contributed by atoms with Crippen LogP contribution in [0.5, 0.6) is 0 Å². The van der Waals surface area contributed by atoms with Gasteiger partial charge in [-0.25, -0.2) is 0 Å². The van der Waals surface area contributed by atoms with E-state index < -0.39 is 0 Å². The summed E-state index contributed by atoms with van der Waals surface area (Å²) < 4.78 is 0. The van der Waals surface area contributed by atoms with Gasteiger partial charge in [0.25, 0.3) is 0 Å². The van der Waals surface area contributed by atoms with Gasteiger partial charge in [-0.3, -0.25) is 4.90 Å². The molecule has 84 valence electrons. The van der Waals surface area contributed by atoms with Crippen LogP contribution < -0.4 is 0 Å². The van der Waals surface area contributed by atoms with Crippen molar-refractivity contribution in [3.63, 3.8) is 0 Å². The van der Waals surface area contributed by atoms with Crippen LogP contribution in [0, 0.1) is 0 Å². The lowest BCUT2D eigenvalue weighted by Gasteiger charge is -2.40. The summed E-state index contributed by atoms with van der Waals surface area (Å²) in [6, 6.07) is 1.65. The minimum atomic E-state index is 0.796. The van der Waals surface area contributed by atoms with E-state index in [1.54, 1.807) is 0 Å². The van der Waals surface area contributed by atoms with Crippen LogP contribution in [0.2, 0.25) is 0 Å². The largest absolute Gasteiger partial charge is 0.298 e. The molecule has 0 radical (unpaired) electrons. The molecule has 0 spiro atoms. The lowest BCUT2D eigenvalue weighted by molar-refractivity contribution is 0.0960. The van der Waals surface area contributed by atoms with Crippen molar-refractivity contribution < 1.29 is 0 Å². The van der Waals surface area contributed by atoms with E-state index in [1.807, 2.05) is 0 Å². The first-order valence-electron chi connectivity index (χ1n) is 6.11. The first-order chi connectivity index (χ1) is 6.79. The van der Waals surface area contributed by atoms with E-state index in [0.29, 0.717) is 0 Å². The Hall–Kier alpha value is 0.440. The zero-order valence-corrected chi connectivity index (χ0v) is 11.2. The molecule has 2 atom stereocenters. The van der Waals surface area contributed by atoms with Gasteiger partial charge in [0.05, 0.1) is 0 Å². The maximum absolute atomic E-state index is 3.57. The highest BCUT2D eigenvalue weighted by Crippen LogP contribution is 2.24. The van der Waals surface area contributed by atoms with Gasteiger partial charge >= 0.3 is 0 Å². The number of likely N-dealkylation sites (tertiary alicyclic amines) is 1. The Kier molecular flexibility index (Phi) is 6.11. The molecule has 1 nitrogen and oxygen atoms in total. The molecule has 1 rings (SSSR count). The van der Waals surface area contributed by atoms with Gasteiger partial charge in [-0.2, -0.15) is 0 Å². The summed E-state index contributed by atoms with van der Waals surface area (Å²) in [7, 11) is 0.